The van der Waals surface area contributed by atoms with Gasteiger partial charge in [-0.25, -0.2) is 0 Å². The molecule has 0 nitrogen and oxygen atoms in total. The van der Waals surface area contributed by atoms with Crippen LogP contribution in [-0.2, 0) is 0 Å². The summed E-state index contributed by atoms with van der Waals surface area (Å²) in [6.07, 6.45) is 0. The summed E-state index contributed by atoms with van der Waals surface area (Å²) in [5, 5.41) is 5.37. The normalized spacial score (nSPS) is 10.6. The van der Waals surface area contributed by atoms with Crippen LogP contribution < -0.4 is 51.4 Å². The molecule has 0 radical (unpaired) electrons. The number of fused-ring (bicyclic) bond motifs is 3. The van der Waals surface area contributed by atoms with Gasteiger partial charge in [-0.1, -0.05) is 112 Å². The molecule has 90 valence electrons. The van der Waals surface area contributed by atoms with Gasteiger partial charge in [0.15, 0.2) is 0 Å². The summed E-state index contributed by atoms with van der Waals surface area (Å²) in [5.74, 6) is 0. The van der Waals surface area contributed by atoms with Crippen molar-refractivity contribution in [1.82, 2.24) is 0 Å². The number of rotatable bonds is 1. The first-order valence-electron chi connectivity index (χ1n) is 6.57. The Kier molecular flexibility index (Phi) is 4.15. The second-order valence-corrected chi connectivity index (χ2v) is 4.83. The molecule has 4 rings (SSSR count). The average Bonchev–Trinajstić information content (AvgIpc) is 2.83. The third-order valence-corrected chi connectivity index (χ3v) is 3.75. The maximum atomic E-state index is 2.22. The van der Waals surface area contributed by atoms with Crippen LogP contribution in [0.3, 0.4) is 0 Å². The smallest absolute Gasteiger partial charge is 0.0999 e. The standard InChI is InChI=1S/C19H13.K/c1-2-8-14(9-3-1)19-17-12-6-4-10-15(17)16-11-5-7-13-18(16)19;/h1-13H;/q-1;+1. The topological polar surface area (TPSA) is 0 Å². The van der Waals surface area contributed by atoms with Crippen molar-refractivity contribution in [3.63, 3.8) is 0 Å². The molecule has 0 fully saturated rings. The Balaban J connectivity index is 0.00000121. The second kappa shape index (κ2) is 5.88. The van der Waals surface area contributed by atoms with Crippen LogP contribution in [0.15, 0.2) is 78.9 Å². The first kappa shape index (κ1) is 14.1. The summed E-state index contributed by atoms with van der Waals surface area (Å²) in [5.41, 5.74) is 2.65. The van der Waals surface area contributed by atoms with Crippen LogP contribution in [0.1, 0.15) is 0 Å². The van der Waals surface area contributed by atoms with Crippen molar-refractivity contribution in [2.24, 2.45) is 0 Å². The van der Waals surface area contributed by atoms with Gasteiger partial charge in [-0.2, -0.15) is 0 Å². The van der Waals surface area contributed by atoms with Gasteiger partial charge < -0.3 is 0 Å². The molecule has 0 saturated heterocycles. The molecule has 0 unspecified atom stereocenters. The van der Waals surface area contributed by atoms with Gasteiger partial charge in [-0.3, -0.25) is 0 Å². The molecule has 0 spiro atoms. The van der Waals surface area contributed by atoms with Gasteiger partial charge in [0, 0.05) is 0 Å². The third kappa shape index (κ3) is 2.20. The Morgan fingerprint density at radius 1 is 0.500 bits per heavy atom. The van der Waals surface area contributed by atoms with Crippen molar-refractivity contribution >= 4 is 21.5 Å². The molecule has 4 aromatic carbocycles. The fourth-order valence-corrected chi connectivity index (χ4v) is 2.93. The second-order valence-electron chi connectivity index (χ2n) is 4.83. The number of benzene rings is 3. The van der Waals surface area contributed by atoms with Crippen molar-refractivity contribution in [1.29, 1.82) is 0 Å². The summed E-state index contributed by atoms with van der Waals surface area (Å²) in [7, 11) is 0. The van der Waals surface area contributed by atoms with Crippen LogP contribution in [0.25, 0.3) is 32.7 Å². The van der Waals surface area contributed by atoms with Crippen molar-refractivity contribution in [3.05, 3.63) is 78.9 Å². The van der Waals surface area contributed by atoms with Gasteiger partial charge in [-0.05, 0) is 0 Å². The van der Waals surface area contributed by atoms with E-state index in [1.165, 1.54) is 32.7 Å². The molecule has 0 N–H and O–H groups in total. The number of hydrogen-bond donors (Lipinski definition) is 0. The van der Waals surface area contributed by atoms with Crippen LogP contribution in [0, 0.1) is 0 Å². The van der Waals surface area contributed by atoms with E-state index in [0.29, 0.717) is 0 Å². The third-order valence-electron chi connectivity index (χ3n) is 3.75. The minimum Gasteiger partial charge on any atom is -0.0999 e. The van der Waals surface area contributed by atoms with Crippen LogP contribution in [0.5, 0.6) is 0 Å². The van der Waals surface area contributed by atoms with E-state index in [2.05, 4.69) is 78.9 Å². The van der Waals surface area contributed by atoms with E-state index in [1.807, 2.05) is 0 Å². The summed E-state index contributed by atoms with van der Waals surface area (Å²) in [4.78, 5) is 0. The van der Waals surface area contributed by atoms with E-state index < -0.39 is 0 Å². The van der Waals surface area contributed by atoms with Crippen LogP contribution >= 0.6 is 0 Å². The van der Waals surface area contributed by atoms with E-state index in [4.69, 9.17) is 0 Å². The first-order valence-corrected chi connectivity index (χ1v) is 6.57. The SMILES string of the molecule is [K+].c1ccc(-[c-]2c3ccccc3c3ccccc32)cc1. The maximum absolute atomic E-state index is 2.22. The molecule has 0 aromatic heterocycles. The Hall–Kier alpha value is -0.834. The zero-order valence-electron chi connectivity index (χ0n) is 11.5. The Morgan fingerprint density at radius 3 is 1.50 bits per heavy atom. The molecule has 4 aromatic rings. The van der Waals surface area contributed by atoms with Crippen LogP contribution in [0.4, 0.5) is 0 Å². The summed E-state index contributed by atoms with van der Waals surface area (Å²) < 4.78 is 0. The predicted octanol–water partition coefficient (Wildman–Crippen LogP) is 2.38. The molecular weight excluding hydrogens is 267 g/mol. The zero-order valence-corrected chi connectivity index (χ0v) is 14.6. The van der Waals surface area contributed by atoms with Crippen LogP contribution in [-0.4, -0.2) is 0 Å². The predicted molar refractivity (Wildman–Crippen MR) is 82.5 cm³/mol. The molecule has 0 heterocycles. The molecule has 0 aliphatic carbocycles. The minimum atomic E-state index is 0. The number of hydrogen-bond acceptors (Lipinski definition) is 0. The van der Waals surface area contributed by atoms with E-state index in [9.17, 15) is 0 Å². The monoisotopic (exact) mass is 280 g/mol. The molecule has 1 heteroatoms. The molecule has 0 aliphatic heterocycles. The summed E-state index contributed by atoms with van der Waals surface area (Å²) >= 11 is 0. The maximum Gasteiger partial charge on any atom is 1.00 e. The molecule has 0 bridgehead atoms. The van der Waals surface area contributed by atoms with E-state index in [0.717, 1.165) is 0 Å². The molecular formula is C19H13K. The fraction of sp³-hybridized carbons (Fsp3) is 0. The van der Waals surface area contributed by atoms with Crippen molar-refractivity contribution in [2.75, 3.05) is 0 Å². The molecule has 0 atom stereocenters. The Bertz CT molecular complexity index is 803. The Labute approximate surface area is 161 Å². The van der Waals surface area contributed by atoms with Crippen molar-refractivity contribution in [2.45, 2.75) is 0 Å². The molecule has 0 aliphatic rings. The molecule has 20 heavy (non-hydrogen) atoms. The van der Waals surface area contributed by atoms with Crippen molar-refractivity contribution in [3.8, 4) is 11.1 Å². The summed E-state index contributed by atoms with van der Waals surface area (Å²) in [6, 6.07) is 28.0. The van der Waals surface area contributed by atoms with E-state index in [-0.39, 0.29) is 51.4 Å². The minimum absolute atomic E-state index is 0. The van der Waals surface area contributed by atoms with E-state index >= 15 is 0 Å². The summed E-state index contributed by atoms with van der Waals surface area (Å²) in [6.45, 7) is 0. The quantitative estimate of drug-likeness (QED) is 0.371. The van der Waals surface area contributed by atoms with Gasteiger partial charge in [-0.15, -0.1) is 0 Å². The van der Waals surface area contributed by atoms with Crippen molar-refractivity contribution < 1.29 is 51.4 Å². The van der Waals surface area contributed by atoms with Gasteiger partial charge in [0.05, 0.1) is 0 Å². The van der Waals surface area contributed by atoms with E-state index in [1.54, 1.807) is 0 Å². The van der Waals surface area contributed by atoms with Gasteiger partial charge in [0.25, 0.3) is 0 Å². The molecule has 0 saturated carbocycles. The average molecular weight is 280 g/mol. The van der Waals surface area contributed by atoms with Gasteiger partial charge in [0.1, 0.15) is 0 Å². The molecule has 0 amide bonds. The van der Waals surface area contributed by atoms with Gasteiger partial charge in [0.2, 0.25) is 0 Å². The van der Waals surface area contributed by atoms with Gasteiger partial charge >= 0.3 is 51.4 Å². The zero-order chi connectivity index (χ0) is 12.7. The first-order chi connectivity index (χ1) is 9.45. The Morgan fingerprint density at radius 2 is 0.950 bits per heavy atom. The van der Waals surface area contributed by atoms with Crippen LogP contribution in [0.2, 0.25) is 0 Å². The largest absolute Gasteiger partial charge is 1.00 e. The fourth-order valence-electron chi connectivity index (χ4n) is 2.93.